The van der Waals surface area contributed by atoms with E-state index in [0.29, 0.717) is 0 Å². The highest BCUT2D eigenvalue weighted by atomic mass is 33.1. The summed E-state index contributed by atoms with van der Waals surface area (Å²) in [5.41, 5.74) is 7.58. The molecule has 0 unspecified atom stereocenters. The van der Waals surface area contributed by atoms with Crippen LogP contribution >= 0.6 is 10.8 Å². The molecule has 0 amide bonds. The molecule has 8 nitrogen and oxygen atoms in total. The summed E-state index contributed by atoms with van der Waals surface area (Å²) in [4.78, 5) is 10.8. The van der Waals surface area contributed by atoms with Crippen molar-refractivity contribution in [2.24, 2.45) is 10.8 Å². The molecule has 0 aromatic carbocycles. The molecule has 0 heterocycles. The Morgan fingerprint density at radius 2 is 2.25 bits per heavy atom. The molecule has 16 heavy (non-hydrogen) atoms. The summed E-state index contributed by atoms with van der Waals surface area (Å²) in [5.74, 6) is -0.761. The van der Waals surface area contributed by atoms with Crippen molar-refractivity contribution < 1.29 is 22.5 Å². The second-order valence-corrected chi connectivity index (χ2v) is 5.78. The van der Waals surface area contributed by atoms with E-state index in [2.05, 4.69) is 15.3 Å². The first-order valence-electron chi connectivity index (χ1n) is 4.17. The molecule has 0 aliphatic rings. The average Bonchev–Trinajstić information content (AvgIpc) is 2.14. The van der Waals surface area contributed by atoms with Gasteiger partial charge in [-0.3, -0.25) is 14.8 Å². The maximum atomic E-state index is 10.8. The van der Waals surface area contributed by atoms with Gasteiger partial charge in [0.2, 0.25) is 0 Å². The molecule has 0 saturated carbocycles. The molecule has 0 aliphatic carbocycles. The van der Waals surface area contributed by atoms with Crippen molar-refractivity contribution in [3.05, 3.63) is 0 Å². The van der Waals surface area contributed by atoms with Crippen molar-refractivity contribution in [3.8, 4) is 0 Å². The van der Waals surface area contributed by atoms with E-state index in [-0.39, 0.29) is 35.5 Å². The normalized spacial score (nSPS) is 12.2. The van der Waals surface area contributed by atoms with Crippen LogP contribution in [-0.2, 0) is 18.7 Å². The first kappa shape index (κ1) is 15.0. The number of hydrazone groups is 1. The molecular weight excluding hydrogens is 258 g/mol. The van der Waals surface area contributed by atoms with Crippen molar-refractivity contribution >= 4 is 31.7 Å². The van der Waals surface area contributed by atoms with Gasteiger partial charge in [-0.15, -0.1) is 0 Å². The Balaban J connectivity index is 3.83. The lowest BCUT2D eigenvalue weighted by molar-refractivity contribution is -0.141. The van der Waals surface area contributed by atoms with Crippen molar-refractivity contribution in [2.75, 3.05) is 18.9 Å². The third-order valence-electron chi connectivity index (χ3n) is 1.11. The average molecular weight is 271 g/mol. The lowest BCUT2D eigenvalue weighted by atomic mass is 10.7. The summed E-state index contributed by atoms with van der Waals surface area (Å²) in [6.45, 7) is 1.77. The SMILES string of the molecule is CCOC(=O)CN/N=C(\N)CSS(=O)(=O)O. The molecule has 0 aromatic rings. The number of ether oxygens (including phenoxy) is 1. The molecule has 94 valence electrons. The number of rotatable bonds is 7. The Bertz CT molecular complexity index is 353. The first-order chi connectivity index (χ1) is 7.35. The van der Waals surface area contributed by atoms with Crippen LogP contribution in [-0.4, -0.2) is 43.7 Å². The van der Waals surface area contributed by atoms with Gasteiger partial charge in [0.25, 0.3) is 0 Å². The van der Waals surface area contributed by atoms with Crippen LogP contribution < -0.4 is 11.2 Å². The fourth-order valence-electron chi connectivity index (χ4n) is 0.585. The molecule has 0 aromatic heterocycles. The second-order valence-electron chi connectivity index (χ2n) is 2.43. The number of nitrogens with zero attached hydrogens (tertiary/aromatic N) is 1. The van der Waals surface area contributed by atoms with Crippen molar-refractivity contribution in [1.82, 2.24) is 5.43 Å². The van der Waals surface area contributed by atoms with Crippen LogP contribution in [0, 0.1) is 0 Å². The molecule has 0 bridgehead atoms. The van der Waals surface area contributed by atoms with Gasteiger partial charge in [-0.25, -0.2) is 0 Å². The number of nitrogens with two attached hydrogens (primary N) is 1. The van der Waals surface area contributed by atoms with E-state index >= 15 is 0 Å². The number of hydrogen-bond donors (Lipinski definition) is 3. The summed E-state index contributed by atoms with van der Waals surface area (Å²) in [7, 11) is -3.91. The Labute approximate surface area is 96.7 Å². The minimum absolute atomic E-state index is 0.0630. The number of nitrogens with one attached hydrogen (secondary N) is 1. The van der Waals surface area contributed by atoms with E-state index in [4.69, 9.17) is 10.3 Å². The Kier molecular flexibility index (Phi) is 6.85. The van der Waals surface area contributed by atoms with Crippen LogP contribution in [0.2, 0.25) is 0 Å². The zero-order valence-corrected chi connectivity index (χ0v) is 10.2. The van der Waals surface area contributed by atoms with Crippen molar-refractivity contribution in [2.45, 2.75) is 6.92 Å². The van der Waals surface area contributed by atoms with Crippen LogP contribution in [0.25, 0.3) is 0 Å². The van der Waals surface area contributed by atoms with Crippen molar-refractivity contribution in [1.29, 1.82) is 0 Å². The Hall–Kier alpha value is -1.00. The van der Waals surface area contributed by atoms with Crippen LogP contribution in [0.5, 0.6) is 0 Å². The highest BCUT2D eigenvalue weighted by Crippen LogP contribution is 2.07. The lowest BCUT2D eigenvalue weighted by Gasteiger charge is -2.02. The van der Waals surface area contributed by atoms with Crippen LogP contribution in [0.3, 0.4) is 0 Å². The summed E-state index contributed by atoms with van der Waals surface area (Å²) >= 11 is 0. The minimum atomic E-state index is -4.13. The fourth-order valence-corrected chi connectivity index (χ4v) is 1.73. The molecule has 0 spiro atoms. The molecule has 0 saturated heterocycles. The highest BCUT2D eigenvalue weighted by molar-refractivity contribution is 8.70. The number of carbonyl (C=O) groups excluding carboxylic acids is 1. The van der Waals surface area contributed by atoms with Gasteiger partial charge in [-0.1, -0.05) is 0 Å². The summed E-state index contributed by atoms with van der Waals surface area (Å²) in [6, 6.07) is 0. The predicted molar refractivity (Wildman–Crippen MR) is 60.3 cm³/mol. The zero-order valence-electron chi connectivity index (χ0n) is 8.54. The fraction of sp³-hybridized carbons (Fsp3) is 0.667. The zero-order chi connectivity index (χ0) is 12.6. The van der Waals surface area contributed by atoms with Gasteiger partial charge in [0.05, 0.1) is 12.4 Å². The van der Waals surface area contributed by atoms with Gasteiger partial charge in [0, 0.05) is 10.8 Å². The van der Waals surface area contributed by atoms with E-state index in [0.717, 1.165) is 0 Å². The smallest absolute Gasteiger partial charge is 0.327 e. The third-order valence-corrected chi connectivity index (χ3v) is 3.07. The Morgan fingerprint density at radius 1 is 1.62 bits per heavy atom. The molecule has 4 N–H and O–H groups in total. The van der Waals surface area contributed by atoms with Gasteiger partial charge in [0.15, 0.2) is 0 Å². The van der Waals surface area contributed by atoms with Crippen LogP contribution in [0.15, 0.2) is 5.10 Å². The first-order valence-corrected chi connectivity index (χ1v) is 7.11. The molecular formula is C6H13N3O5S2. The Morgan fingerprint density at radius 3 is 2.75 bits per heavy atom. The summed E-state index contributed by atoms with van der Waals surface area (Å²) in [5, 5.41) is 3.50. The van der Waals surface area contributed by atoms with Gasteiger partial charge >= 0.3 is 15.1 Å². The quantitative estimate of drug-likeness (QED) is 0.133. The number of carbonyl (C=O) groups is 1. The largest absolute Gasteiger partial charge is 0.465 e. The molecule has 0 fully saturated rings. The molecule has 0 radical (unpaired) electrons. The van der Waals surface area contributed by atoms with E-state index in [1.807, 2.05) is 0 Å². The minimum Gasteiger partial charge on any atom is -0.465 e. The van der Waals surface area contributed by atoms with Gasteiger partial charge in [-0.05, 0) is 6.92 Å². The highest BCUT2D eigenvalue weighted by Gasteiger charge is 2.06. The maximum absolute atomic E-state index is 10.8. The molecule has 0 atom stereocenters. The summed E-state index contributed by atoms with van der Waals surface area (Å²) < 4.78 is 33.6. The van der Waals surface area contributed by atoms with Gasteiger partial charge < -0.3 is 10.5 Å². The molecule has 0 aliphatic heterocycles. The van der Waals surface area contributed by atoms with Crippen LogP contribution in [0.4, 0.5) is 0 Å². The maximum Gasteiger partial charge on any atom is 0.327 e. The molecule has 10 heteroatoms. The third kappa shape index (κ3) is 9.55. The van der Waals surface area contributed by atoms with Gasteiger partial charge in [-0.2, -0.15) is 13.5 Å². The monoisotopic (exact) mass is 271 g/mol. The van der Waals surface area contributed by atoms with E-state index in [9.17, 15) is 13.2 Å². The number of esters is 1. The van der Waals surface area contributed by atoms with E-state index in [1.54, 1.807) is 6.92 Å². The van der Waals surface area contributed by atoms with Gasteiger partial charge in [0.1, 0.15) is 12.4 Å². The lowest BCUT2D eigenvalue weighted by Crippen LogP contribution is -2.25. The molecule has 0 rings (SSSR count). The topological polar surface area (TPSA) is 131 Å². The predicted octanol–water partition coefficient (Wildman–Crippen LogP) is -1.05. The van der Waals surface area contributed by atoms with Crippen molar-refractivity contribution in [3.63, 3.8) is 0 Å². The number of hydrogen-bond acceptors (Lipinski definition) is 7. The number of amidine groups is 1. The van der Waals surface area contributed by atoms with E-state index < -0.39 is 15.1 Å². The van der Waals surface area contributed by atoms with Crippen LogP contribution in [0.1, 0.15) is 6.92 Å². The standard InChI is InChI=1S/C6H13N3O5S2/c1-2-14-6(10)3-8-9-5(7)4-15-16(11,12)13/h8H,2-4H2,1H3,(H2,7,9)(H,11,12,13). The summed E-state index contributed by atoms with van der Waals surface area (Å²) in [6.07, 6.45) is 0. The van der Waals surface area contributed by atoms with E-state index in [1.165, 1.54) is 0 Å². The second kappa shape index (κ2) is 7.30.